The molecule has 1 aliphatic carbocycles. The fourth-order valence-electron chi connectivity index (χ4n) is 3.50. The van der Waals surface area contributed by atoms with Crippen molar-refractivity contribution in [3.8, 4) is 0 Å². The fourth-order valence-corrected chi connectivity index (χ4v) is 3.63. The Bertz CT molecular complexity index is 494. The van der Waals surface area contributed by atoms with Crippen LogP contribution in [0, 0.1) is 0 Å². The second-order valence-electron chi connectivity index (χ2n) is 6.25. The van der Waals surface area contributed by atoms with Crippen LogP contribution in [0.4, 0.5) is 0 Å². The van der Waals surface area contributed by atoms with Crippen molar-refractivity contribution in [3.05, 3.63) is 34.9 Å². The summed E-state index contributed by atoms with van der Waals surface area (Å²) < 4.78 is 5.44. The number of rotatable bonds is 4. The lowest BCUT2D eigenvalue weighted by Crippen LogP contribution is -3.15. The molecule has 1 saturated heterocycles. The van der Waals surface area contributed by atoms with Crippen molar-refractivity contribution in [2.24, 2.45) is 0 Å². The van der Waals surface area contributed by atoms with E-state index in [0.717, 1.165) is 44.7 Å². The maximum absolute atomic E-state index is 12.9. The van der Waals surface area contributed by atoms with Crippen LogP contribution in [-0.2, 0) is 9.53 Å². The minimum atomic E-state index is -0.165. The van der Waals surface area contributed by atoms with Gasteiger partial charge in [0.2, 0.25) is 0 Å². The second-order valence-corrected chi connectivity index (χ2v) is 6.68. The van der Waals surface area contributed by atoms with Crippen molar-refractivity contribution in [2.75, 3.05) is 26.3 Å². The second kappa shape index (κ2) is 7.44. The van der Waals surface area contributed by atoms with Gasteiger partial charge in [-0.1, -0.05) is 36.6 Å². The van der Waals surface area contributed by atoms with Crippen molar-refractivity contribution < 1.29 is 14.4 Å². The molecule has 0 spiro atoms. The molecule has 3 rings (SSSR count). The van der Waals surface area contributed by atoms with E-state index in [9.17, 15) is 4.79 Å². The summed E-state index contributed by atoms with van der Waals surface area (Å²) in [7, 11) is 0. The Morgan fingerprint density at radius 3 is 2.45 bits per heavy atom. The third-order valence-electron chi connectivity index (χ3n) is 4.71. The van der Waals surface area contributed by atoms with Gasteiger partial charge in [0, 0.05) is 16.6 Å². The molecule has 120 valence electrons. The van der Waals surface area contributed by atoms with Gasteiger partial charge >= 0.3 is 0 Å². The van der Waals surface area contributed by atoms with Crippen LogP contribution in [0.25, 0.3) is 0 Å². The first-order valence-corrected chi connectivity index (χ1v) is 8.60. The summed E-state index contributed by atoms with van der Waals surface area (Å²) in [6, 6.07) is 7.87. The minimum absolute atomic E-state index is 0.145. The highest BCUT2D eigenvalue weighted by Gasteiger charge is 2.34. The van der Waals surface area contributed by atoms with Crippen LogP contribution < -0.4 is 10.2 Å². The van der Waals surface area contributed by atoms with E-state index in [1.54, 1.807) is 0 Å². The molecule has 1 aromatic carbocycles. The Labute approximate surface area is 136 Å². The molecule has 2 aliphatic rings. The summed E-state index contributed by atoms with van der Waals surface area (Å²) in [4.78, 5) is 14.2. The maximum atomic E-state index is 12.9. The van der Waals surface area contributed by atoms with E-state index in [1.807, 2.05) is 24.3 Å². The first kappa shape index (κ1) is 15.8. The molecule has 2 N–H and O–H groups in total. The number of amides is 1. The fraction of sp³-hybridized carbons (Fsp3) is 0.588. The molecule has 1 amide bonds. The highest BCUT2D eigenvalue weighted by atomic mass is 35.5. The largest absolute Gasteiger partial charge is 0.370 e. The van der Waals surface area contributed by atoms with Gasteiger partial charge in [-0.25, -0.2) is 0 Å². The summed E-state index contributed by atoms with van der Waals surface area (Å²) in [5, 5.41) is 3.96. The van der Waals surface area contributed by atoms with Gasteiger partial charge in [0.1, 0.15) is 13.1 Å². The van der Waals surface area contributed by atoms with Gasteiger partial charge in [0.05, 0.1) is 13.2 Å². The lowest BCUT2D eigenvalue weighted by Gasteiger charge is -2.31. The third kappa shape index (κ3) is 3.80. The van der Waals surface area contributed by atoms with Crippen LogP contribution in [0.3, 0.4) is 0 Å². The summed E-state index contributed by atoms with van der Waals surface area (Å²) in [5.41, 5.74) is 1.04. The van der Waals surface area contributed by atoms with E-state index >= 15 is 0 Å². The molecule has 22 heavy (non-hydrogen) atoms. The molecule has 0 aromatic heterocycles. The summed E-state index contributed by atoms with van der Waals surface area (Å²) in [6.45, 7) is 3.17. The van der Waals surface area contributed by atoms with E-state index in [0.29, 0.717) is 11.1 Å². The minimum Gasteiger partial charge on any atom is -0.370 e. The number of morpholine rings is 1. The Morgan fingerprint density at radius 1 is 1.18 bits per heavy atom. The average molecular weight is 324 g/mol. The summed E-state index contributed by atoms with van der Waals surface area (Å²) in [5.74, 6) is 0.145. The number of carbonyl (C=O) groups excluding carboxylic acids is 1. The molecule has 4 nitrogen and oxygen atoms in total. The number of benzene rings is 1. The average Bonchev–Trinajstić information content (AvgIpc) is 3.03. The van der Waals surface area contributed by atoms with E-state index < -0.39 is 0 Å². The quantitative estimate of drug-likeness (QED) is 0.878. The standard InChI is InChI=1S/C17H23ClN2O2/c18-14-7-5-13(6-8-14)16(20-9-11-22-12-10-20)17(21)19-15-3-1-2-4-15/h5-8,15-16H,1-4,9-12H2,(H,19,21)/p+1. The van der Waals surface area contributed by atoms with Crippen LogP contribution in [0.5, 0.6) is 0 Å². The van der Waals surface area contributed by atoms with E-state index in [4.69, 9.17) is 16.3 Å². The van der Waals surface area contributed by atoms with Gasteiger partial charge in [-0.05, 0) is 25.0 Å². The molecule has 1 unspecified atom stereocenters. The normalized spacial score (nSPS) is 21.7. The van der Waals surface area contributed by atoms with Gasteiger partial charge in [-0.2, -0.15) is 0 Å². The van der Waals surface area contributed by atoms with E-state index in [1.165, 1.54) is 17.7 Å². The number of quaternary nitrogens is 1. The van der Waals surface area contributed by atoms with Gasteiger partial charge in [0.25, 0.3) is 5.91 Å². The SMILES string of the molecule is O=C(NC1CCCC1)C(c1ccc(Cl)cc1)[NH+]1CCOCC1. The Morgan fingerprint density at radius 2 is 1.82 bits per heavy atom. The van der Waals surface area contributed by atoms with Crippen LogP contribution in [-0.4, -0.2) is 38.3 Å². The molecule has 5 heteroatoms. The van der Waals surface area contributed by atoms with Crippen molar-refractivity contribution in [2.45, 2.75) is 37.8 Å². The number of halogens is 1. The lowest BCUT2D eigenvalue weighted by atomic mass is 10.0. The zero-order valence-electron chi connectivity index (χ0n) is 12.8. The van der Waals surface area contributed by atoms with E-state index in [-0.39, 0.29) is 11.9 Å². The summed E-state index contributed by atoms with van der Waals surface area (Å²) >= 11 is 5.99. The number of hydrogen-bond donors (Lipinski definition) is 2. The van der Waals surface area contributed by atoms with Crippen LogP contribution >= 0.6 is 11.6 Å². The van der Waals surface area contributed by atoms with Gasteiger partial charge in [-0.15, -0.1) is 0 Å². The lowest BCUT2D eigenvalue weighted by molar-refractivity contribution is -0.929. The number of ether oxygens (including phenoxy) is 1. The number of carbonyl (C=O) groups is 1. The van der Waals surface area contributed by atoms with Crippen molar-refractivity contribution in [1.29, 1.82) is 0 Å². The molecule has 2 fully saturated rings. The highest BCUT2D eigenvalue weighted by Crippen LogP contribution is 2.20. The Balaban J connectivity index is 1.77. The van der Waals surface area contributed by atoms with Crippen molar-refractivity contribution in [1.82, 2.24) is 5.32 Å². The van der Waals surface area contributed by atoms with E-state index in [2.05, 4.69) is 5.32 Å². The molecular formula is C17H24ClN2O2+. The molecule has 1 aromatic rings. The first-order valence-electron chi connectivity index (χ1n) is 8.22. The van der Waals surface area contributed by atoms with Crippen molar-refractivity contribution in [3.63, 3.8) is 0 Å². The smallest absolute Gasteiger partial charge is 0.283 e. The Hall–Kier alpha value is -1.10. The molecule has 0 radical (unpaired) electrons. The van der Waals surface area contributed by atoms with Crippen LogP contribution in [0.1, 0.15) is 37.3 Å². The molecule has 1 saturated carbocycles. The molecular weight excluding hydrogens is 300 g/mol. The van der Waals surface area contributed by atoms with Gasteiger partial charge < -0.3 is 15.0 Å². The van der Waals surface area contributed by atoms with Crippen LogP contribution in [0.2, 0.25) is 5.02 Å². The maximum Gasteiger partial charge on any atom is 0.283 e. The monoisotopic (exact) mass is 323 g/mol. The predicted octanol–water partition coefficient (Wildman–Crippen LogP) is 1.35. The molecule has 1 heterocycles. The molecule has 0 bridgehead atoms. The highest BCUT2D eigenvalue weighted by molar-refractivity contribution is 6.30. The topological polar surface area (TPSA) is 42.8 Å². The van der Waals surface area contributed by atoms with Gasteiger partial charge in [-0.3, -0.25) is 4.79 Å². The summed E-state index contributed by atoms with van der Waals surface area (Å²) in [6.07, 6.45) is 4.66. The zero-order valence-corrected chi connectivity index (χ0v) is 13.6. The number of hydrogen-bond acceptors (Lipinski definition) is 2. The number of nitrogens with one attached hydrogen (secondary N) is 2. The zero-order chi connectivity index (χ0) is 15.4. The molecule has 1 aliphatic heterocycles. The van der Waals surface area contributed by atoms with Crippen LogP contribution in [0.15, 0.2) is 24.3 Å². The van der Waals surface area contributed by atoms with Gasteiger partial charge in [0.15, 0.2) is 6.04 Å². The Kier molecular flexibility index (Phi) is 5.34. The first-order chi connectivity index (χ1) is 10.7. The van der Waals surface area contributed by atoms with Crippen molar-refractivity contribution >= 4 is 17.5 Å². The molecule has 1 atom stereocenters. The third-order valence-corrected chi connectivity index (χ3v) is 4.96. The predicted molar refractivity (Wildman–Crippen MR) is 86.1 cm³/mol.